The van der Waals surface area contributed by atoms with Crippen molar-refractivity contribution in [2.75, 3.05) is 5.75 Å². The zero-order chi connectivity index (χ0) is 20.5. The van der Waals surface area contributed by atoms with Gasteiger partial charge in [0.05, 0.1) is 5.75 Å². The summed E-state index contributed by atoms with van der Waals surface area (Å²) < 4.78 is 11.2. The third-order valence-corrected chi connectivity index (χ3v) is 5.40. The number of amides is 1. The molecule has 0 radical (unpaired) electrons. The van der Waals surface area contributed by atoms with Gasteiger partial charge in [-0.2, -0.15) is 0 Å². The highest BCUT2D eigenvalue weighted by atomic mass is 32.2. The largest absolute Gasteiger partial charge is 0.484 e. The smallest absolute Gasteiger partial charge is 0.277 e. The molecule has 0 unspecified atom stereocenters. The van der Waals surface area contributed by atoms with Crippen molar-refractivity contribution in [2.24, 2.45) is 0 Å². The minimum absolute atomic E-state index is 0.130. The summed E-state index contributed by atoms with van der Waals surface area (Å²) in [4.78, 5) is 14.5. The summed E-state index contributed by atoms with van der Waals surface area (Å²) in [5, 5.41) is 8.38. The summed E-state index contributed by atoms with van der Waals surface area (Å²) in [7, 11) is 0. The number of aryl methyl sites for hydroxylation is 1. The predicted molar refractivity (Wildman–Crippen MR) is 112 cm³/mol. The second kappa shape index (κ2) is 11.1. The van der Waals surface area contributed by atoms with Gasteiger partial charge in [0.15, 0.2) is 6.61 Å². The molecule has 1 aliphatic rings. The van der Waals surface area contributed by atoms with Crippen LogP contribution in [0.1, 0.15) is 58.4 Å². The summed E-state index contributed by atoms with van der Waals surface area (Å²) >= 11 is 1.28. The molecular weight excluding hydrogens is 374 g/mol. The Bertz CT molecular complexity index is 740. The molecule has 2 atom stereocenters. The van der Waals surface area contributed by atoms with Crippen LogP contribution in [-0.2, 0) is 11.4 Å². The van der Waals surface area contributed by atoms with E-state index in [1.54, 1.807) is 0 Å². The van der Waals surface area contributed by atoms with Crippen molar-refractivity contribution in [3.8, 4) is 5.75 Å². The number of benzene rings is 1. The Morgan fingerprint density at radius 1 is 1.25 bits per heavy atom. The van der Waals surface area contributed by atoms with Crippen molar-refractivity contribution in [3.63, 3.8) is 0 Å². The van der Waals surface area contributed by atoms with E-state index in [4.69, 9.17) is 9.15 Å². The van der Waals surface area contributed by atoms with E-state index in [2.05, 4.69) is 24.0 Å². The maximum atomic E-state index is 12.5. The van der Waals surface area contributed by atoms with Crippen LogP contribution >= 0.6 is 11.8 Å². The fourth-order valence-electron chi connectivity index (χ4n) is 3.32. The number of piperidine rings is 1. The van der Waals surface area contributed by atoms with Gasteiger partial charge in [-0.3, -0.25) is 4.79 Å². The minimum Gasteiger partial charge on any atom is -0.484 e. The van der Waals surface area contributed by atoms with Crippen LogP contribution in [0.4, 0.5) is 0 Å². The number of rotatable bonds is 6. The maximum absolute atomic E-state index is 12.5. The van der Waals surface area contributed by atoms with Crippen molar-refractivity contribution >= 4 is 17.7 Å². The van der Waals surface area contributed by atoms with E-state index in [-0.39, 0.29) is 12.5 Å². The zero-order valence-electron chi connectivity index (χ0n) is 17.5. The van der Waals surface area contributed by atoms with Crippen LogP contribution in [-0.4, -0.2) is 38.8 Å². The zero-order valence-corrected chi connectivity index (χ0v) is 18.3. The van der Waals surface area contributed by atoms with Crippen LogP contribution in [0, 0.1) is 6.92 Å². The van der Waals surface area contributed by atoms with Crippen LogP contribution in [0.2, 0.25) is 0 Å². The van der Waals surface area contributed by atoms with Gasteiger partial charge in [0.1, 0.15) is 5.75 Å². The van der Waals surface area contributed by atoms with Crippen LogP contribution in [0.5, 0.6) is 5.75 Å². The first-order valence-electron chi connectivity index (χ1n) is 9.98. The van der Waals surface area contributed by atoms with Crippen LogP contribution in [0.15, 0.2) is 33.9 Å². The second-order valence-corrected chi connectivity index (χ2v) is 7.71. The highest BCUT2D eigenvalue weighted by molar-refractivity contribution is 7.99. The molecule has 1 fully saturated rings. The van der Waals surface area contributed by atoms with E-state index in [0.29, 0.717) is 29.0 Å². The molecule has 0 N–H and O–H groups in total. The van der Waals surface area contributed by atoms with Crippen LogP contribution in [0.3, 0.4) is 0 Å². The van der Waals surface area contributed by atoms with Crippen molar-refractivity contribution < 1.29 is 13.9 Å². The number of likely N-dealkylation sites (tertiary alicyclic amines) is 1. The lowest BCUT2D eigenvalue weighted by Gasteiger charge is -2.39. The molecule has 2 heterocycles. The van der Waals surface area contributed by atoms with Gasteiger partial charge >= 0.3 is 0 Å². The lowest BCUT2D eigenvalue weighted by Crippen LogP contribution is -2.48. The van der Waals surface area contributed by atoms with Gasteiger partial charge in [-0.05, 0) is 57.7 Å². The van der Waals surface area contributed by atoms with Crippen LogP contribution < -0.4 is 4.74 Å². The number of ether oxygens (including phenoxy) is 1. The molecule has 0 saturated carbocycles. The standard InChI is InChI=1S/C19H25N3O3S.C2H6/c1-13-6-4-9-16(10-13)24-11-17-20-21-19(25-17)26-12-18(23)22-14(2)7-5-8-15(22)3;1-2/h4,6,9-10,14-15H,5,7-8,11-12H2,1-3H3;1-2H3/t14-,15+;. The molecule has 1 aromatic carbocycles. The molecule has 3 rings (SSSR count). The first kappa shape index (κ1) is 22.3. The number of carbonyl (C=O) groups is 1. The molecule has 2 aromatic rings. The number of carbonyl (C=O) groups excluding carboxylic acids is 1. The SMILES string of the molecule is CC.Cc1cccc(OCc2nnc(SCC(=O)N3[C@H](C)CCC[C@@H]3C)o2)c1. The molecule has 1 aliphatic heterocycles. The van der Waals surface area contributed by atoms with E-state index in [1.807, 2.05) is 49.9 Å². The molecule has 154 valence electrons. The van der Waals surface area contributed by atoms with Crippen molar-refractivity contribution in [1.82, 2.24) is 15.1 Å². The van der Waals surface area contributed by atoms with E-state index >= 15 is 0 Å². The van der Waals surface area contributed by atoms with E-state index in [9.17, 15) is 4.79 Å². The molecule has 0 spiro atoms. The third-order valence-electron chi connectivity index (χ3n) is 4.60. The van der Waals surface area contributed by atoms with E-state index < -0.39 is 0 Å². The molecule has 0 bridgehead atoms. The maximum Gasteiger partial charge on any atom is 0.277 e. The predicted octanol–water partition coefficient (Wildman–Crippen LogP) is 4.86. The first-order valence-corrected chi connectivity index (χ1v) is 11.0. The van der Waals surface area contributed by atoms with Crippen LogP contribution in [0.25, 0.3) is 0 Å². The fraction of sp³-hybridized carbons (Fsp3) is 0.571. The molecule has 7 heteroatoms. The van der Waals surface area contributed by atoms with Gasteiger partial charge in [0.2, 0.25) is 5.91 Å². The Morgan fingerprint density at radius 2 is 1.96 bits per heavy atom. The van der Waals surface area contributed by atoms with Gasteiger partial charge in [-0.15, -0.1) is 10.2 Å². The van der Waals surface area contributed by atoms with E-state index in [1.165, 1.54) is 18.2 Å². The monoisotopic (exact) mass is 405 g/mol. The normalized spacial score (nSPS) is 19.0. The molecule has 1 aromatic heterocycles. The Balaban J connectivity index is 0.00000136. The topological polar surface area (TPSA) is 68.5 Å². The Kier molecular flexibility index (Phi) is 8.83. The van der Waals surface area contributed by atoms with Gasteiger partial charge < -0.3 is 14.1 Å². The lowest BCUT2D eigenvalue weighted by atomic mass is 9.98. The number of hydrogen-bond donors (Lipinski definition) is 0. The molecule has 28 heavy (non-hydrogen) atoms. The second-order valence-electron chi connectivity index (χ2n) is 6.79. The summed E-state index contributed by atoms with van der Waals surface area (Å²) in [6, 6.07) is 8.38. The molecule has 1 amide bonds. The molecule has 0 aliphatic carbocycles. The summed E-state index contributed by atoms with van der Waals surface area (Å²) in [6.07, 6.45) is 3.33. The Hall–Kier alpha value is -2.02. The third kappa shape index (κ3) is 6.26. The number of hydrogen-bond acceptors (Lipinski definition) is 6. The highest BCUT2D eigenvalue weighted by Crippen LogP contribution is 2.25. The average Bonchev–Trinajstić information content (AvgIpc) is 3.14. The lowest BCUT2D eigenvalue weighted by molar-refractivity contribution is -0.134. The average molecular weight is 406 g/mol. The number of thioether (sulfide) groups is 1. The van der Waals surface area contributed by atoms with Gasteiger partial charge in [-0.1, -0.05) is 37.7 Å². The summed E-state index contributed by atoms with van der Waals surface area (Å²) in [6.45, 7) is 10.5. The Morgan fingerprint density at radius 3 is 2.64 bits per heavy atom. The molecule has 6 nitrogen and oxygen atoms in total. The van der Waals surface area contributed by atoms with Gasteiger partial charge in [0, 0.05) is 12.1 Å². The van der Waals surface area contributed by atoms with Gasteiger partial charge in [0.25, 0.3) is 11.1 Å². The van der Waals surface area contributed by atoms with Gasteiger partial charge in [-0.25, -0.2) is 0 Å². The summed E-state index contributed by atoms with van der Waals surface area (Å²) in [5.41, 5.74) is 1.13. The molecule has 1 saturated heterocycles. The highest BCUT2D eigenvalue weighted by Gasteiger charge is 2.29. The van der Waals surface area contributed by atoms with E-state index in [0.717, 1.165) is 24.2 Å². The van der Waals surface area contributed by atoms with Crippen molar-refractivity contribution in [2.45, 2.75) is 77.8 Å². The molecular formula is C21H31N3O3S. The number of aromatic nitrogens is 2. The van der Waals surface area contributed by atoms with Crippen molar-refractivity contribution in [3.05, 3.63) is 35.7 Å². The minimum atomic E-state index is 0.130. The number of nitrogens with zero attached hydrogens (tertiary/aromatic N) is 3. The van der Waals surface area contributed by atoms with Crippen molar-refractivity contribution in [1.29, 1.82) is 0 Å². The fourth-order valence-corrected chi connectivity index (χ4v) is 3.97. The first-order chi connectivity index (χ1) is 13.5. The Labute approximate surface area is 172 Å². The summed E-state index contributed by atoms with van der Waals surface area (Å²) in [5.74, 6) is 1.61. The quantitative estimate of drug-likeness (QED) is 0.639.